The SMILES string of the molecule is CC(C#N)(CC(F)(F)F)SCC(C)(N)c1sc(Br)cc1F. The number of thioether (sulfide) groups is 1. The van der Waals surface area contributed by atoms with E-state index in [1.165, 1.54) is 19.9 Å². The van der Waals surface area contributed by atoms with E-state index in [1.54, 1.807) is 6.07 Å². The van der Waals surface area contributed by atoms with Crippen molar-refractivity contribution in [2.75, 3.05) is 5.75 Å². The number of halogens is 5. The number of alkyl halides is 3. The highest BCUT2D eigenvalue weighted by Gasteiger charge is 2.41. The summed E-state index contributed by atoms with van der Waals surface area (Å²) in [5.41, 5.74) is 4.86. The summed E-state index contributed by atoms with van der Waals surface area (Å²) in [6.07, 6.45) is -5.69. The zero-order chi connectivity index (χ0) is 16.5. The van der Waals surface area contributed by atoms with Gasteiger partial charge in [0.15, 0.2) is 0 Å². The maximum atomic E-state index is 13.7. The van der Waals surface area contributed by atoms with Crippen LogP contribution in [-0.2, 0) is 5.54 Å². The third-order valence-electron chi connectivity index (χ3n) is 2.64. The molecule has 0 saturated heterocycles. The molecule has 0 saturated carbocycles. The van der Waals surface area contributed by atoms with Gasteiger partial charge >= 0.3 is 6.18 Å². The van der Waals surface area contributed by atoms with E-state index in [0.717, 1.165) is 23.1 Å². The smallest absolute Gasteiger partial charge is 0.320 e. The second-order valence-electron chi connectivity index (χ2n) is 5.07. The Hall–Kier alpha value is -0.300. The molecule has 1 aromatic rings. The number of hydrogen-bond acceptors (Lipinski definition) is 4. The fourth-order valence-corrected chi connectivity index (χ4v) is 4.30. The van der Waals surface area contributed by atoms with Crippen molar-refractivity contribution >= 4 is 39.0 Å². The number of nitrogens with zero attached hydrogens (tertiary/aromatic N) is 1. The second-order valence-corrected chi connectivity index (χ2v) is 8.98. The van der Waals surface area contributed by atoms with Crippen molar-refractivity contribution in [1.29, 1.82) is 5.26 Å². The van der Waals surface area contributed by atoms with E-state index in [0.29, 0.717) is 3.79 Å². The van der Waals surface area contributed by atoms with Crippen LogP contribution in [0.3, 0.4) is 0 Å². The van der Waals surface area contributed by atoms with Gasteiger partial charge in [-0.1, -0.05) is 0 Å². The molecule has 1 aromatic heterocycles. The van der Waals surface area contributed by atoms with Crippen molar-refractivity contribution in [3.05, 3.63) is 20.5 Å². The van der Waals surface area contributed by atoms with Gasteiger partial charge in [-0.25, -0.2) is 4.39 Å². The van der Waals surface area contributed by atoms with E-state index >= 15 is 0 Å². The molecule has 0 amide bonds. The third-order valence-corrected chi connectivity index (χ3v) is 6.15. The second kappa shape index (κ2) is 6.44. The molecule has 0 aliphatic carbocycles. The summed E-state index contributed by atoms with van der Waals surface area (Å²) < 4.78 is 50.1. The lowest BCUT2D eigenvalue weighted by molar-refractivity contribution is -0.136. The Balaban J connectivity index is 2.85. The van der Waals surface area contributed by atoms with Crippen LogP contribution in [0.5, 0.6) is 0 Å². The number of thiophene rings is 1. The van der Waals surface area contributed by atoms with Gasteiger partial charge in [-0.3, -0.25) is 0 Å². The molecule has 0 radical (unpaired) electrons. The largest absolute Gasteiger partial charge is 0.391 e. The Morgan fingerprint density at radius 2 is 2.00 bits per heavy atom. The topological polar surface area (TPSA) is 49.8 Å². The van der Waals surface area contributed by atoms with Crippen molar-refractivity contribution in [3.8, 4) is 6.07 Å². The summed E-state index contributed by atoms with van der Waals surface area (Å²) in [4.78, 5) is 0.245. The first-order chi connectivity index (χ1) is 9.38. The molecule has 0 aliphatic rings. The Morgan fingerprint density at radius 1 is 1.43 bits per heavy atom. The van der Waals surface area contributed by atoms with Gasteiger partial charge in [0.25, 0.3) is 0 Å². The standard InChI is InChI=1S/C12H13BrF4N2S2/c1-10(5-18,4-12(15,16)17)20-6-11(2,19)9-7(14)3-8(13)21-9/h3H,4,6,19H2,1-2H3. The zero-order valence-corrected chi connectivity index (χ0v) is 14.4. The zero-order valence-electron chi connectivity index (χ0n) is 11.2. The summed E-state index contributed by atoms with van der Waals surface area (Å²) in [5, 5.41) is 8.98. The minimum absolute atomic E-state index is 0.00296. The van der Waals surface area contributed by atoms with Gasteiger partial charge in [0.05, 0.1) is 26.7 Å². The molecule has 118 valence electrons. The Bertz CT molecular complexity index is 550. The number of hydrogen-bond donors (Lipinski definition) is 1. The number of nitrogens with two attached hydrogens (primary N) is 1. The van der Waals surface area contributed by atoms with Crippen LogP contribution in [0.1, 0.15) is 25.1 Å². The highest BCUT2D eigenvalue weighted by atomic mass is 79.9. The molecule has 9 heteroatoms. The van der Waals surface area contributed by atoms with E-state index in [2.05, 4.69) is 15.9 Å². The summed E-state index contributed by atoms with van der Waals surface area (Å²) in [6, 6.07) is 2.93. The first kappa shape index (κ1) is 18.7. The first-order valence-electron chi connectivity index (χ1n) is 5.75. The van der Waals surface area contributed by atoms with E-state index in [4.69, 9.17) is 11.0 Å². The van der Waals surface area contributed by atoms with Crippen molar-refractivity contribution in [2.45, 2.75) is 36.7 Å². The summed E-state index contributed by atoms with van der Waals surface area (Å²) in [6.45, 7) is 2.74. The van der Waals surface area contributed by atoms with Gasteiger partial charge in [-0.05, 0) is 35.8 Å². The molecular weight excluding hydrogens is 392 g/mol. The van der Waals surface area contributed by atoms with Crippen LogP contribution in [0, 0.1) is 17.1 Å². The normalized spacial score (nSPS) is 17.9. The molecule has 1 rings (SSSR count). The van der Waals surface area contributed by atoms with Crippen LogP contribution in [0.25, 0.3) is 0 Å². The quantitative estimate of drug-likeness (QED) is 0.717. The molecule has 21 heavy (non-hydrogen) atoms. The van der Waals surface area contributed by atoms with Gasteiger partial charge in [0, 0.05) is 5.75 Å². The van der Waals surface area contributed by atoms with Crippen LogP contribution in [0.15, 0.2) is 9.85 Å². The Labute approximate surface area is 136 Å². The highest BCUT2D eigenvalue weighted by Crippen LogP contribution is 2.41. The van der Waals surface area contributed by atoms with Crippen LogP contribution < -0.4 is 5.73 Å². The van der Waals surface area contributed by atoms with Crippen molar-refractivity contribution in [1.82, 2.24) is 0 Å². The molecular formula is C12H13BrF4N2S2. The average molecular weight is 405 g/mol. The first-order valence-corrected chi connectivity index (χ1v) is 8.34. The fraction of sp³-hybridized carbons (Fsp3) is 0.583. The van der Waals surface area contributed by atoms with E-state index < -0.39 is 28.7 Å². The summed E-state index contributed by atoms with van der Waals surface area (Å²) >= 11 is 5.01. The van der Waals surface area contributed by atoms with Gasteiger partial charge in [-0.15, -0.1) is 23.1 Å². The molecule has 2 atom stereocenters. The van der Waals surface area contributed by atoms with Gasteiger partial charge in [0.2, 0.25) is 0 Å². The van der Waals surface area contributed by atoms with Crippen LogP contribution >= 0.6 is 39.0 Å². The number of nitriles is 1. The molecule has 0 fully saturated rings. The van der Waals surface area contributed by atoms with Crippen LogP contribution in [0.4, 0.5) is 17.6 Å². The minimum Gasteiger partial charge on any atom is -0.320 e. The minimum atomic E-state index is -4.44. The maximum absolute atomic E-state index is 13.7. The molecule has 0 bridgehead atoms. The lowest BCUT2D eigenvalue weighted by Crippen LogP contribution is -2.38. The third kappa shape index (κ3) is 5.43. The van der Waals surface area contributed by atoms with Crippen molar-refractivity contribution in [3.63, 3.8) is 0 Å². The van der Waals surface area contributed by atoms with Crippen molar-refractivity contribution in [2.24, 2.45) is 5.73 Å². The van der Waals surface area contributed by atoms with Crippen LogP contribution in [0.2, 0.25) is 0 Å². The highest BCUT2D eigenvalue weighted by molar-refractivity contribution is 9.11. The summed E-state index contributed by atoms with van der Waals surface area (Å²) in [5.74, 6) is -0.510. The average Bonchev–Trinajstić information content (AvgIpc) is 2.65. The van der Waals surface area contributed by atoms with Gasteiger partial charge in [0.1, 0.15) is 10.6 Å². The molecule has 0 aliphatic heterocycles. The van der Waals surface area contributed by atoms with E-state index in [9.17, 15) is 17.6 Å². The van der Waals surface area contributed by atoms with E-state index in [1.807, 2.05) is 0 Å². The van der Waals surface area contributed by atoms with Crippen molar-refractivity contribution < 1.29 is 17.6 Å². The summed E-state index contributed by atoms with van der Waals surface area (Å²) in [7, 11) is 0. The molecule has 1 heterocycles. The molecule has 2 nitrogen and oxygen atoms in total. The lowest BCUT2D eigenvalue weighted by atomic mass is 10.0. The lowest BCUT2D eigenvalue weighted by Gasteiger charge is -2.29. The van der Waals surface area contributed by atoms with Crippen LogP contribution in [-0.4, -0.2) is 16.7 Å². The molecule has 0 aromatic carbocycles. The van der Waals surface area contributed by atoms with Gasteiger partial charge < -0.3 is 5.73 Å². The fourth-order valence-electron chi connectivity index (χ4n) is 1.61. The predicted octanol–water partition coefficient (Wildman–Crippen LogP) is 4.79. The monoisotopic (exact) mass is 404 g/mol. The molecule has 0 spiro atoms. The Morgan fingerprint density at radius 3 is 2.38 bits per heavy atom. The molecule has 2 N–H and O–H groups in total. The Kier molecular flexibility index (Phi) is 5.75. The molecule has 2 unspecified atom stereocenters. The number of rotatable bonds is 5. The predicted molar refractivity (Wildman–Crippen MR) is 80.7 cm³/mol. The van der Waals surface area contributed by atoms with E-state index in [-0.39, 0.29) is 10.6 Å². The van der Waals surface area contributed by atoms with Gasteiger partial charge in [-0.2, -0.15) is 18.4 Å². The maximum Gasteiger partial charge on any atom is 0.391 e.